The summed E-state index contributed by atoms with van der Waals surface area (Å²) >= 11 is 0. The molecule has 0 aromatic heterocycles. The third kappa shape index (κ3) is 5.60. The van der Waals surface area contributed by atoms with Gasteiger partial charge in [0.1, 0.15) is 0 Å². The highest BCUT2D eigenvalue weighted by molar-refractivity contribution is 6.01. The van der Waals surface area contributed by atoms with E-state index in [2.05, 4.69) is 5.32 Å². The van der Waals surface area contributed by atoms with Crippen molar-refractivity contribution in [2.75, 3.05) is 6.61 Å². The predicted molar refractivity (Wildman–Crippen MR) is 98.5 cm³/mol. The summed E-state index contributed by atoms with van der Waals surface area (Å²) in [6.07, 6.45) is 1.66. The molecule has 2 aromatic rings. The molecule has 4 heteroatoms. The molecule has 2 rings (SSSR count). The minimum Gasteiger partial charge on any atom is -0.465 e. The van der Waals surface area contributed by atoms with E-state index in [-0.39, 0.29) is 12.5 Å². The van der Waals surface area contributed by atoms with Crippen LogP contribution in [0.1, 0.15) is 25.0 Å². The topological polar surface area (TPSA) is 55.4 Å². The van der Waals surface area contributed by atoms with Crippen LogP contribution in [-0.4, -0.2) is 18.5 Å². The number of hydrogen-bond donors (Lipinski definition) is 1. The van der Waals surface area contributed by atoms with Crippen LogP contribution in [0.25, 0.3) is 5.57 Å². The van der Waals surface area contributed by atoms with Gasteiger partial charge in [-0.1, -0.05) is 66.7 Å². The quantitative estimate of drug-likeness (QED) is 0.620. The molecule has 0 spiro atoms. The first-order valence-corrected chi connectivity index (χ1v) is 8.34. The second-order valence-corrected chi connectivity index (χ2v) is 5.65. The van der Waals surface area contributed by atoms with E-state index in [1.807, 2.05) is 67.6 Å². The number of allylic oxidation sites excluding steroid dienone is 1. The van der Waals surface area contributed by atoms with Gasteiger partial charge in [0.2, 0.25) is 5.91 Å². The molecule has 0 fully saturated rings. The summed E-state index contributed by atoms with van der Waals surface area (Å²) in [6, 6.07) is 19.2. The minimum atomic E-state index is -0.969. The van der Waals surface area contributed by atoms with Crippen molar-refractivity contribution in [1.29, 1.82) is 0 Å². The third-order valence-electron chi connectivity index (χ3n) is 3.78. The summed E-state index contributed by atoms with van der Waals surface area (Å²) < 4.78 is 5.07. The Balaban J connectivity index is 2.14. The highest BCUT2D eigenvalue weighted by Crippen LogP contribution is 2.17. The summed E-state index contributed by atoms with van der Waals surface area (Å²) in [6.45, 7) is 4.21. The predicted octanol–water partition coefficient (Wildman–Crippen LogP) is 3.59. The molecule has 2 aromatic carbocycles. The largest absolute Gasteiger partial charge is 0.465 e. The molecule has 0 radical (unpaired) electrons. The smallest absolute Gasteiger partial charge is 0.322 e. The van der Waals surface area contributed by atoms with Crippen molar-refractivity contribution in [3.05, 3.63) is 77.9 Å². The third-order valence-corrected chi connectivity index (χ3v) is 3.78. The van der Waals surface area contributed by atoms with Crippen molar-refractivity contribution in [2.24, 2.45) is 5.92 Å². The average Bonchev–Trinajstić information content (AvgIpc) is 2.65. The number of benzene rings is 2. The van der Waals surface area contributed by atoms with Crippen molar-refractivity contribution in [1.82, 2.24) is 5.32 Å². The average molecular weight is 337 g/mol. The first-order valence-electron chi connectivity index (χ1n) is 8.34. The number of hydrogen-bond acceptors (Lipinski definition) is 3. The van der Waals surface area contributed by atoms with E-state index in [4.69, 9.17) is 4.74 Å². The Bertz CT molecular complexity index is 723. The molecule has 0 heterocycles. The van der Waals surface area contributed by atoms with Gasteiger partial charge >= 0.3 is 5.97 Å². The molecule has 0 bridgehead atoms. The fraction of sp³-hybridized carbons (Fsp3) is 0.238. The van der Waals surface area contributed by atoms with Crippen LogP contribution in [0.2, 0.25) is 0 Å². The van der Waals surface area contributed by atoms with Crippen LogP contribution in [-0.2, 0) is 20.9 Å². The number of ether oxygens (including phenoxy) is 1. The Kier molecular flexibility index (Phi) is 6.96. The first-order chi connectivity index (χ1) is 12.1. The molecule has 4 nitrogen and oxygen atoms in total. The van der Waals surface area contributed by atoms with Gasteiger partial charge in [-0.15, -0.1) is 0 Å². The van der Waals surface area contributed by atoms with Crippen molar-refractivity contribution < 1.29 is 14.3 Å². The van der Waals surface area contributed by atoms with E-state index >= 15 is 0 Å². The Morgan fingerprint density at radius 2 is 1.64 bits per heavy atom. The van der Waals surface area contributed by atoms with Crippen LogP contribution in [0.5, 0.6) is 0 Å². The zero-order chi connectivity index (χ0) is 18.1. The van der Waals surface area contributed by atoms with E-state index in [0.717, 1.165) is 16.7 Å². The number of rotatable bonds is 7. The van der Waals surface area contributed by atoms with E-state index in [9.17, 15) is 9.59 Å². The lowest BCUT2D eigenvalue weighted by Crippen LogP contribution is -2.35. The Morgan fingerprint density at radius 1 is 1.04 bits per heavy atom. The molecular weight excluding hydrogens is 314 g/mol. The second-order valence-electron chi connectivity index (χ2n) is 5.65. The van der Waals surface area contributed by atoms with E-state index < -0.39 is 11.9 Å². The summed E-state index contributed by atoms with van der Waals surface area (Å²) in [5.41, 5.74) is 2.79. The van der Waals surface area contributed by atoms with Gasteiger partial charge in [-0.25, -0.2) is 0 Å². The van der Waals surface area contributed by atoms with Crippen molar-refractivity contribution in [3.63, 3.8) is 0 Å². The molecule has 0 aliphatic heterocycles. The van der Waals surface area contributed by atoms with Crippen molar-refractivity contribution >= 4 is 17.4 Å². The number of esters is 1. The van der Waals surface area contributed by atoms with Gasteiger partial charge < -0.3 is 10.1 Å². The van der Waals surface area contributed by atoms with Gasteiger partial charge in [0.25, 0.3) is 0 Å². The molecule has 1 amide bonds. The first kappa shape index (κ1) is 18.5. The van der Waals surface area contributed by atoms with Gasteiger partial charge in [-0.05, 0) is 30.5 Å². The Labute approximate surface area is 148 Å². The lowest BCUT2D eigenvalue weighted by molar-refractivity contribution is -0.150. The zero-order valence-corrected chi connectivity index (χ0v) is 14.6. The Morgan fingerprint density at radius 3 is 2.24 bits per heavy atom. The monoisotopic (exact) mass is 337 g/mol. The van der Waals surface area contributed by atoms with Crippen molar-refractivity contribution in [3.8, 4) is 0 Å². The fourth-order valence-corrected chi connectivity index (χ4v) is 2.43. The highest BCUT2D eigenvalue weighted by Gasteiger charge is 2.26. The summed E-state index contributed by atoms with van der Waals surface area (Å²) in [7, 11) is 0. The van der Waals surface area contributed by atoms with Crippen LogP contribution in [0.4, 0.5) is 0 Å². The van der Waals surface area contributed by atoms with Gasteiger partial charge in [-0.3, -0.25) is 9.59 Å². The Hall–Kier alpha value is -2.88. The molecule has 1 unspecified atom stereocenters. The molecule has 130 valence electrons. The molecule has 1 atom stereocenters. The molecule has 0 saturated heterocycles. The summed E-state index contributed by atoms with van der Waals surface area (Å²) in [4.78, 5) is 24.8. The molecule has 0 saturated carbocycles. The van der Waals surface area contributed by atoms with Crippen LogP contribution in [0.15, 0.2) is 66.7 Å². The lowest BCUT2D eigenvalue weighted by Gasteiger charge is -2.14. The van der Waals surface area contributed by atoms with Gasteiger partial charge in [0, 0.05) is 6.54 Å². The molecule has 1 N–H and O–H groups in total. The molecule has 25 heavy (non-hydrogen) atoms. The number of nitrogens with one attached hydrogen (secondary N) is 1. The second kappa shape index (κ2) is 9.42. The lowest BCUT2D eigenvalue weighted by atomic mass is 10.00. The zero-order valence-electron chi connectivity index (χ0n) is 14.6. The van der Waals surface area contributed by atoms with Crippen molar-refractivity contribution in [2.45, 2.75) is 20.4 Å². The SMILES string of the molecule is CCOC(=O)C(/C=C(\C)c1ccccc1)C(=O)NCc1ccccc1. The maximum atomic E-state index is 12.5. The summed E-state index contributed by atoms with van der Waals surface area (Å²) in [5, 5.41) is 2.81. The molecular formula is C21H23NO3. The highest BCUT2D eigenvalue weighted by atomic mass is 16.5. The maximum absolute atomic E-state index is 12.5. The van der Waals surface area contributed by atoms with E-state index in [0.29, 0.717) is 6.54 Å². The van der Waals surface area contributed by atoms with Gasteiger partial charge in [-0.2, -0.15) is 0 Å². The van der Waals surface area contributed by atoms with E-state index in [1.54, 1.807) is 13.0 Å². The standard InChI is InChI=1S/C21H23NO3/c1-3-25-21(24)19(14-16(2)18-12-8-5-9-13-18)20(23)22-15-17-10-6-4-7-11-17/h4-14,19H,3,15H2,1-2H3,(H,22,23)/b16-14+. The van der Waals surface area contributed by atoms with Gasteiger partial charge in [0.15, 0.2) is 5.92 Å². The molecule has 0 aliphatic carbocycles. The normalized spacial score (nSPS) is 12.3. The fourth-order valence-electron chi connectivity index (χ4n) is 2.43. The van der Waals surface area contributed by atoms with Gasteiger partial charge in [0.05, 0.1) is 6.61 Å². The van der Waals surface area contributed by atoms with Crippen LogP contribution in [0, 0.1) is 5.92 Å². The summed E-state index contributed by atoms with van der Waals surface area (Å²) in [5.74, 6) is -1.87. The number of amides is 1. The number of carbonyl (C=O) groups excluding carboxylic acids is 2. The number of carbonyl (C=O) groups is 2. The van der Waals surface area contributed by atoms with Crippen LogP contribution < -0.4 is 5.32 Å². The minimum absolute atomic E-state index is 0.236. The molecule has 0 aliphatic rings. The van der Waals surface area contributed by atoms with Crippen LogP contribution >= 0.6 is 0 Å². The van der Waals surface area contributed by atoms with Crippen LogP contribution in [0.3, 0.4) is 0 Å². The maximum Gasteiger partial charge on any atom is 0.322 e. The van der Waals surface area contributed by atoms with E-state index in [1.165, 1.54) is 0 Å².